The van der Waals surface area contributed by atoms with Gasteiger partial charge in [0.1, 0.15) is 0 Å². The maximum absolute atomic E-state index is 8.97. The van der Waals surface area contributed by atoms with Gasteiger partial charge in [-0.3, -0.25) is 0 Å². The second-order valence-electron chi connectivity index (χ2n) is 3.89. The average molecular weight is 315 g/mol. The van der Waals surface area contributed by atoms with Gasteiger partial charge in [-0.25, -0.2) is 4.52 Å². The van der Waals surface area contributed by atoms with Crippen molar-refractivity contribution in [1.29, 1.82) is 0 Å². The number of hydrogen-bond acceptors (Lipinski definition) is 5. The summed E-state index contributed by atoms with van der Waals surface area (Å²) in [4.78, 5) is 4.34. The fourth-order valence-electron chi connectivity index (χ4n) is 1.66. The molecule has 2 aromatic heterocycles. The van der Waals surface area contributed by atoms with Gasteiger partial charge in [-0.2, -0.15) is 4.98 Å². The van der Waals surface area contributed by atoms with Gasteiger partial charge in [0.05, 0.1) is 12.6 Å². The van der Waals surface area contributed by atoms with Crippen LogP contribution < -0.4 is 5.32 Å². The Morgan fingerprint density at radius 1 is 1.56 bits per heavy atom. The number of anilines is 1. The number of pyridine rings is 1. The zero-order valence-electron chi connectivity index (χ0n) is 10.0. The van der Waals surface area contributed by atoms with E-state index in [4.69, 9.17) is 9.84 Å². The highest BCUT2D eigenvalue weighted by molar-refractivity contribution is 9.10. The van der Waals surface area contributed by atoms with Crippen LogP contribution in [0.25, 0.3) is 5.65 Å². The van der Waals surface area contributed by atoms with Crippen molar-refractivity contribution < 1.29 is 9.84 Å². The quantitative estimate of drug-likeness (QED) is 0.841. The van der Waals surface area contributed by atoms with Crippen LogP contribution in [0, 0.1) is 0 Å². The van der Waals surface area contributed by atoms with Crippen LogP contribution >= 0.6 is 15.9 Å². The predicted molar refractivity (Wildman–Crippen MR) is 71.7 cm³/mol. The van der Waals surface area contributed by atoms with Gasteiger partial charge in [0, 0.05) is 24.4 Å². The number of aliphatic hydroxyl groups is 1. The molecule has 2 rings (SSSR count). The van der Waals surface area contributed by atoms with Gasteiger partial charge < -0.3 is 15.2 Å². The van der Waals surface area contributed by atoms with Gasteiger partial charge in [0.15, 0.2) is 5.65 Å². The SMILES string of the molecule is COCC(CCO)Nc1nc2ccc(Br)cn2n1. The smallest absolute Gasteiger partial charge is 0.243 e. The minimum Gasteiger partial charge on any atom is -0.396 e. The normalized spacial score (nSPS) is 12.8. The van der Waals surface area contributed by atoms with E-state index in [9.17, 15) is 0 Å². The maximum atomic E-state index is 8.97. The molecule has 98 valence electrons. The molecule has 2 aromatic rings. The summed E-state index contributed by atoms with van der Waals surface area (Å²) >= 11 is 3.38. The first kappa shape index (κ1) is 13.3. The standard InChI is InChI=1S/C11H15BrN4O2/c1-18-7-9(4-5-17)13-11-14-10-3-2-8(12)6-16(10)15-11/h2-3,6,9,17H,4-5,7H2,1H3,(H,13,15). The average Bonchev–Trinajstić information content (AvgIpc) is 2.71. The third kappa shape index (κ3) is 3.18. The monoisotopic (exact) mass is 314 g/mol. The summed E-state index contributed by atoms with van der Waals surface area (Å²) in [5.74, 6) is 0.531. The van der Waals surface area contributed by atoms with Gasteiger partial charge in [-0.05, 0) is 34.5 Å². The molecule has 2 N–H and O–H groups in total. The summed E-state index contributed by atoms with van der Waals surface area (Å²) in [7, 11) is 1.63. The number of rotatable bonds is 6. The van der Waals surface area contributed by atoms with E-state index >= 15 is 0 Å². The highest BCUT2D eigenvalue weighted by atomic mass is 79.9. The molecule has 7 heteroatoms. The van der Waals surface area contributed by atoms with Crippen LogP contribution in [0.1, 0.15) is 6.42 Å². The lowest BCUT2D eigenvalue weighted by molar-refractivity contribution is 0.170. The molecule has 18 heavy (non-hydrogen) atoms. The number of aliphatic hydroxyl groups excluding tert-OH is 1. The summed E-state index contributed by atoms with van der Waals surface area (Å²) in [6, 6.07) is 3.79. The number of ether oxygens (including phenoxy) is 1. The highest BCUT2D eigenvalue weighted by Crippen LogP contribution is 2.13. The largest absolute Gasteiger partial charge is 0.396 e. The van der Waals surface area contributed by atoms with E-state index in [1.54, 1.807) is 11.6 Å². The maximum Gasteiger partial charge on any atom is 0.243 e. The van der Waals surface area contributed by atoms with Gasteiger partial charge in [-0.1, -0.05) is 0 Å². The Kier molecular flexibility index (Phi) is 4.51. The molecule has 0 spiro atoms. The Balaban J connectivity index is 2.14. The van der Waals surface area contributed by atoms with Crippen LogP contribution in [0.15, 0.2) is 22.8 Å². The first-order chi connectivity index (χ1) is 8.72. The molecule has 0 aliphatic rings. The fraction of sp³-hybridized carbons (Fsp3) is 0.455. The number of aromatic nitrogens is 3. The van der Waals surface area contributed by atoms with Crippen molar-refractivity contribution in [2.24, 2.45) is 0 Å². The van der Waals surface area contributed by atoms with Crippen molar-refractivity contribution in [3.63, 3.8) is 0 Å². The fourth-order valence-corrected chi connectivity index (χ4v) is 1.98. The Hall–Kier alpha value is -1.18. The molecule has 0 fully saturated rings. The summed E-state index contributed by atoms with van der Waals surface area (Å²) in [6.07, 6.45) is 2.43. The molecule has 1 unspecified atom stereocenters. The summed E-state index contributed by atoms with van der Waals surface area (Å²) < 4.78 is 7.71. The molecule has 1 atom stereocenters. The van der Waals surface area contributed by atoms with Crippen LogP contribution in [-0.4, -0.2) is 46.1 Å². The van der Waals surface area contributed by atoms with Crippen molar-refractivity contribution in [2.45, 2.75) is 12.5 Å². The molecular weight excluding hydrogens is 300 g/mol. The summed E-state index contributed by atoms with van der Waals surface area (Å²) in [5, 5.41) is 16.4. The van der Waals surface area contributed by atoms with E-state index < -0.39 is 0 Å². The highest BCUT2D eigenvalue weighted by Gasteiger charge is 2.11. The van der Waals surface area contributed by atoms with Crippen molar-refractivity contribution >= 4 is 27.5 Å². The summed E-state index contributed by atoms with van der Waals surface area (Å²) in [6.45, 7) is 0.597. The van der Waals surface area contributed by atoms with Crippen LogP contribution in [0.2, 0.25) is 0 Å². The van der Waals surface area contributed by atoms with E-state index in [-0.39, 0.29) is 12.6 Å². The Labute approximate surface area is 113 Å². The Bertz CT molecular complexity index is 511. The Morgan fingerprint density at radius 2 is 2.39 bits per heavy atom. The van der Waals surface area contributed by atoms with Crippen LogP contribution in [-0.2, 0) is 4.74 Å². The third-order valence-electron chi connectivity index (χ3n) is 2.47. The molecule has 2 heterocycles. The van der Waals surface area contributed by atoms with Crippen LogP contribution in [0.3, 0.4) is 0 Å². The second kappa shape index (κ2) is 6.12. The molecule has 0 saturated carbocycles. The van der Waals surface area contributed by atoms with E-state index in [1.807, 2.05) is 18.3 Å². The topological polar surface area (TPSA) is 71.7 Å². The van der Waals surface area contributed by atoms with Gasteiger partial charge in [-0.15, -0.1) is 5.10 Å². The zero-order valence-corrected chi connectivity index (χ0v) is 11.6. The number of halogens is 1. The van der Waals surface area contributed by atoms with E-state index in [0.29, 0.717) is 19.0 Å². The van der Waals surface area contributed by atoms with Crippen LogP contribution in [0.4, 0.5) is 5.95 Å². The lowest BCUT2D eigenvalue weighted by Crippen LogP contribution is -2.26. The first-order valence-electron chi connectivity index (χ1n) is 5.61. The molecular formula is C11H15BrN4O2. The number of fused-ring (bicyclic) bond motifs is 1. The third-order valence-corrected chi connectivity index (χ3v) is 2.94. The first-order valence-corrected chi connectivity index (χ1v) is 6.40. The van der Waals surface area contributed by atoms with E-state index in [1.165, 1.54) is 0 Å². The zero-order chi connectivity index (χ0) is 13.0. The molecule has 0 radical (unpaired) electrons. The van der Waals surface area contributed by atoms with Crippen molar-refractivity contribution in [3.8, 4) is 0 Å². The molecule has 0 aliphatic carbocycles. The summed E-state index contributed by atoms with van der Waals surface area (Å²) in [5.41, 5.74) is 0.765. The number of nitrogens with one attached hydrogen (secondary N) is 1. The van der Waals surface area contributed by atoms with Crippen LogP contribution in [0.5, 0.6) is 0 Å². The van der Waals surface area contributed by atoms with Crippen molar-refractivity contribution in [2.75, 3.05) is 25.6 Å². The molecule has 0 saturated heterocycles. The lowest BCUT2D eigenvalue weighted by atomic mass is 10.2. The molecule has 0 bridgehead atoms. The van der Waals surface area contributed by atoms with Gasteiger partial charge >= 0.3 is 0 Å². The Morgan fingerprint density at radius 3 is 3.11 bits per heavy atom. The molecule has 0 aliphatic heterocycles. The van der Waals surface area contributed by atoms with Crippen molar-refractivity contribution in [3.05, 3.63) is 22.8 Å². The molecule has 6 nitrogen and oxygen atoms in total. The van der Waals surface area contributed by atoms with Gasteiger partial charge in [0.25, 0.3) is 0 Å². The number of nitrogens with zero attached hydrogens (tertiary/aromatic N) is 3. The van der Waals surface area contributed by atoms with Crippen molar-refractivity contribution in [1.82, 2.24) is 14.6 Å². The second-order valence-corrected chi connectivity index (χ2v) is 4.81. The predicted octanol–water partition coefficient (Wildman–Crippen LogP) is 1.30. The number of hydrogen-bond donors (Lipinski definition) is 2. The molecule has 0 amide bonds. The van der Waals surface area contributed by atoms with E-state index in [2.05, 4.69) is 31.3 Å². The van der Waals surface area contributed by atoms with E-state index in [0.717, 1.165) is 10.1 Å². The van der Waals surface area contributed by atoms with Gasteiger partial charge in [0.2, 0.25) is 5.95 Å². The minimum atomic E-state index is 0.000790. The molecule has 0 aromatic carbocycles. The number of methoxy groups -OCH3 is 1. The lowest BCUT2D eigenvalue weighted by Gasteiger charge is -2.14. The minimum absolute atomic E-state index is 0.000790.